The fraction of sp³-hybridized carbons (Fsp3) is 0.818. The number of morpholine rings is 1. The van der Waals surface area contributed by atoms with Crippen LogP contribution in [-0.4, -0.2) is 59.3 Å². The summed E-state index contributed by atoms with van der Waals surface area (Å²) >= 11 is 0. The first kappa shape index (κ1) is 12.5. The van der Waals surface area contributed by atoms with Crippen LogP contribution < -0.4 is 5.32 Å². The highest BCUT2D eigenvalue weighted by Crippen LogP contribution is 2.07. The van der Waals surface area contributed by atoms with Crippen molar-refractivity contribution in [3.63, 3.8) is 0 Å². The van der Waals surface area contributed by atoms with Crippen molar-refractivity contribution in [2.24, 2.45) is 0 Å². The van der Waals surface area contributed by atoms with E-state index in [0.29, 0.717) is 0 Å². The summed E-state index contributed by atoms with van der Waals surface area (Å²) in [5, 5.41) is 11.3. The SMILES string of the molecule is CCN1CCOC(Cn2cc(CNC)nn2)C1. The Hall–Kier alpha value is -0.980. The van der Waals surface area contributed by atoms with E-state index in [2.05, 4.69) is 27.5 Å². The van der Waals surface area contributed by atoms with Crippen molar-refractivity contribution in [2.75, 3.05) is 33.3 Å². The van der Waals surface area contributed by atoms with Crippen LogP contribution in [0.2, 0.25) is 0 Å². The van der Waals surface area contributed by atoms with Gasteiger partial charge in [-0.2, -0.15) is 0 Å². The van der Waals surface area contributed by atoms with Crippen molar-refractivity contribution in [3.05, 3.63) is 11.9 Å². The highest BCUT2D eigenvalue weighted by Gasteiger charge is 2.20. The van der Waals surface area contributed by atoms with Gasteiger partial charge in [-0.15, -0.1) is 5.10 Å². The molecule has 6 heteroatoms. The van der Waals surface area contributed by atoms with E-state index in [1.54, 1.807) is 0 Å². The van der Waals surface area contributed by atoms with Crippen LogP contribution in [0.5, 0.6) is 0 Å². The molecule has 2 heterocycles. The summed E-state index contributed by atoms with van der Waals surface area (Å²) in [6.07, 6.45) is 2.21. The zero-order chi connectivity index (χ0) is 12.1. The van der Waals surface area contributed by atoms with Gasteiger partial charge in [0.05, 0.1) is 24.9 Å². The van der Waals surface area contributed by atoms with Crippen molar-refractivity contribution in [2.45, 2.75) is 26.1 Å². The van der Waals surface area contributed by atoms with Gasteiger partial charge in [-0.3, -0.25) is 4.90 Å². The van der Waals surface area contributed by atoms with E-state index < -0.39 is 0 Å². The second-order valence-electron chi connectivity index (χ2n) is 4.35. The molecule has 96 valence electrons. The summed E-state index contributed by atoms with van der Waals surface area (Å²) in [4.78, 5) is 2.40. The van der Waals surface area contributed by atoms with Crippen molar-refractivity contribution in [3.8, 4) is 0 Å². The first-order valence-corrected chi connectivity index (χ1v) is 6.19. The Morgan fingerprint density at radius 1 is 1.59 bits per heavy atom. The lowest BCUT2D eigenvalue weighted by Gasteiger charge is -2.31. The number of rotatable bonds is 5. The third-order valence-electron chi connectivity index (χ3n) is 3.00. The molecular formula is C11H21N5O. The predicted molar refractivity (Wildman–Crippen MR) is 64.6 cm³/mol. The molecule has 0 aliphatic carbocycles. The van der Waals surface area contributed by atoms with E-state index in [9.17, 15) is 0 Å². The van der Waals surface area contributed by atoms with Crippen LogP contribution in [0, 0.1) is 0 Å². The van der Waals surface area contributed by atoms with Crippen LogP contribution in [0.25, 0.3) is 0 Å². The third-order valence-corrected chi connectivity index (χ3v) is 3.00. The molecule has 0 amide bonds. The molecule has 0 spiro atoms. The molecule has 1 fully saturated rings. The number of nitrogens with zero attached hydrogens (tertiary/aromatic N) is 4. The van der Waals surface area contributed by atoms with Gasteiger partial charge in [-0.05, 0) is 13.6 Å². The summed E-state index contributed by atoms with van der Waals surface area (Å²) in [6.45, 7) is 7.65. The van der Waals surface area contributed by atoms with E-state index in [1.165, 1.54) is 0 Å². The molecule has 0 radical (unpaired) electrons. The van der Waals surface area contributed by atoms with E-state index in [-0.39, 0.29) is 6.10 Å². The first-order valence-electron chi connectivity index (χ1n) is 6.19. The maximum atomic E-state index is 5.74. The molecule has 0 bridgehead atoms. The van der Waals surface area contributed by atoms with Crippen LogP contribution >= 0.6 is 0 Å². The van der Waals surface area contributed by atoms with E-state index in [1.807, 2.05) is 17.9 Å². The zero-order valence-corrected chi connectivity index (χ0v) is 10.6. The normalized spacial score (nSPS) is 21.9. The molecule has 1 N–H and O–H groups in total. The zero-order valence-electron chi connectivity index (χ0n) is 10.6. The third kappa shape index (κ3) is 3.49. The van der Waals surface area contributed by atoms with Gasteiger partial charge in [0, 0.05) is 25.8 Å². The Bertz CT molecular complexity index is 340. The monoisotopic (exact) mass is 239 g/mol. The molecule has 2 rings (SSSR count). The van der Waals surface area contributed by atoms with Gasteiger partial charge in [0.25, 0.3) is 0 Å². The molecular weight excluding hydrogens is 218 g/mol. The molecule has 1 saturated heterocycles. The van der Waals surface area contributed by atoms with E-state index >= 15 is 0 Å². The van der Waals surface area contributed by atoms with Gasteiger partial charge >= 0.3 is 0 Å². The Morgan fingerprint density at radius 2 is 2.47 bits per heavy atom. The van der Waals surface area contributed by atoms with Gasteiger partial charge in [-0.1, -0.05) is 12.1 Å². The van der Waals surface area contributed by atoms with Gasteiger partial charge in [0.2, 0.25) is 0 Å². The molecule has 1 aromatic rings. The van der Waals surface area contributed by atoms with E-state index in [0.717, 1.165) is 45.0 Å². The van der Waals surface area contributed by atoms with Crippen molar-refractivity contribution in [1.29, 1.82) is 0 Å². The van der Waals surface area contributed by atoms with Crippen molar-refractivity contribution < 1.29 is 4.74 Å². The topological polar surface area (TPSA) is 55.2 Å². The minimum atomic E-state index is 0.229. The Labute approximate surface area is 102 Å². The average molecular weight is 239 g/mol. The van der Waals surface area contributed by atoms with E-state index in [4.69, 9.17) is 4.74 Å². The molecule has 1 atom stereocenters. The summed E-state index contributed by atoms with van der Waals surface area (Å²) in [7, 11) is 1.91. The van der Waals surface area contributed by atoms with Crippen LogP contribution in [0.1, 0.15) is 12.6 Å². The summed E-state index contributed by atoms with van der Waals surface area (Å²) in [5.41, 5.74) is 0.968. The second kappa shape index (κ2) is 6.09. The van der Waals surface area contributed by atoms with Crippen molar-refractivity contribution >= 4 is 0 Å². The number of ether oxygens (including phenoxy) is 1. The maximum absolute atomic E-state index is 5.74. The molecule has 17 heavy (non-hydrogen) atoms. The molecule has 0 saturated carbocycles. The molecule has 6 nitrogen and oxygen atoms in total. The van der Waals surface area contributed by atoms with Crippen LogP contribution in [0.3, 0.4) is 0 Å². The number of hydrogen-bond donors (Lipinski definition) is 1. The Kier molecular flexibility index (Phi) is 4.47. The molecule has 1 unspecified atom stereocenters. The number of hydrogen-bond acceptors (Lipinski definition) is 5. The number of likely N-dealkylation sites (N-methyl/N-ethyl adjacent to an activating group) is 1. The highest BCUT2D eigenvalue weighted by molar-refractivity contribution is 4.91. The molecule has 1 aliphatic rings. The highest BCUT2D eigenvalue weighted by atomic mass is 16.5. The predicted octanol–water partition coefficient (Wildman–Crippen LogP) is -0.282. The smallest absolute Gasteiger partial charge is 0.0964 e. The quantitative estimate of drug-likeness (QED) is 0.766. The second-order valence-corrected chi connectivity index (χ2v) is 4.35. The average Bonchev–Trinajstić information content (AvgIpc) is 2.77. The number of nitrogens with one attached hydrogen (secondary N) is 1. The number of aromatic nitrogens is 3. The Balaban J connectivity index is 1.86. The van der Waals surface area contributed by atoms with Crippen LogP contribution in [0.4, 0.5) is 0 Å². The van der Waals surface area contributed by atoms with Crippen LogP contribution in [0.15, 0.2) is 6.20 Å². The lowest BCUT2D eigenvalue weighted by molar-refractivity contribution is -0.0360. The van der Waals surface area contributed by atoms with Crippen LogP contribution in [-0.2, 0) is 17.8 Å². The summed E-state index contributed by atoms with van der Waals surface area (Å²) < 4.78 is 7.61. The molecule has 1 aromatic heterocycles. The maximum Gasteiger partial charge on any atom is 0.0964 e. The fourth-order valence-electron chi connectivity index (χ4n) is 2.08. The lowest BCUT2D eigenvalue weighted by atomic mass is 10.2. The first-order chi connectivity index (χ1) is 8.31. The Morgan fingerprint density at radius 3 is 3.24 bits per heavy atom. The largest absolute Gasteiger partial charge is 0.374 e. The van der Waals surface area contributed by atoms with Gasteiger partial charge in [-0.25, -0.2) is 4.68 Å². The molecule has 0 aromatic carbocycles. The van der Waals surface area contributed by atoms with Gasteiger partial charge < -0.3 is 10.1 Å². The molecule has 1 aliphatic heterocycles. The van der Waals surface area contributed by atoms with Crippen molar-refractivity contribution in [1.82, 2.24) is 25.2 Å². The van der Waals surface area contributed by atoms with Gasteiger partial charge in [0.15, 0.2) is 0 Å². The lowest BCUT2D eigenvalue weighted by Crippen LogP contribution is -2.44. The minimum Gasteiger partial charge on any atom is -0.374 e. The summed E-state index contributed by atoms with van der Waals surface area (Å²) in [5.74, 6) is 0. The fourth-order valence-corrected chi connectivity index (χ4v) is 2.08. The summed E-state index contributed by atoms with van der Waals surface area (Å²) in [6, 6.07) is 0. The van der Waals surface area contributed by atoms with Gasteiger partial charge in [0.1, 0.15) is 0 Å². The standard InChI is InChI=1S/C11H21N5O/c1-3-15-4-5-17-11(8-15)9-16-7-10(6-12-2)13-14-16/h7,11-12H,3-6,8-9H2,1-2H3. The minimum absolute atomic E-state index is 0.229.